The Morgan fingerprint density at radius 3 is 2.62 bits per heavy atom. The van der Waals surface area contributed by atoms with Crippen LogP contribution in [-0.4, -0.2) is 15.3 Å². The number of fused-ring (bicyclic) bond motifs is 1. The Balaban J connectivity index is 2.55. The first kappa shape index (κ1) is 10.9. The first-order chi connectivity index (χ1) is 7.39. The fraction of sp³-hybridized carbons (Fsp3) is 0.385. The number of ketones is 1. The molecule has 0 aliphatic rings. The summed E-state index contributed by atoms with van der Waals surface area (Å²) in [6.07, 6.45) is 1.76. The van der Waals surface area contributed by atoms with Crippen molar-refractivity contribution in [2.45, 2.75) is 20.8 Å². The number of carbonyl (C=O) groups excluding carboxylic acids is 1. The number of hydrogen-bond donors (Lipinski definition) is 0. The van der Waals surface area contributed by atoms with Crippen molar-refractivity contribution in [1.29, 1.82) is 0 Å². The summed E-state index contributed by atoms with van der Waals surface area (Å²) >= 11 is 0. The monoisotopic (exact) mass is 216 g/mol. The molecule has 1 aromatic heterocycles. The number of carbonyl (C=O) groups is 1. The van der Waals surface area contributed by atoms with Crippen LogP contribution in [0.3, 0.4) is 0 Å². The van der Waals surface area contributed by atoms with E-state index < -0.39 is 0 Å². The third-order valence-corrected chi connectivity index (χ3v) is 2.67. The van der Waals surface area contributed by atoms with E-state index in [4.69, 9.17) is 0 Å². The molecule has 0 amide bonds. The molecule has 1 heterocycles. The van der Waals surface area contributed by atoms with Crippen LogP contribution in [0.1, 0.15) is 31.1 Å². The molecular formula is C13H16N2O. The molecule has 2 rings (SSSR count). The van der Waals surface area contributed by atoms with E-state index in [1.807, 2.05) is 50.6 Å². The molecule has 0 spiro atoms. The van der Waals surface area contributed by atoms with E-state index in [2.05, 4.69) is 4.98 Å². The lowest BCUT2D eigenvalue weighted by molar-refractivity contribution is 0.0858. The molecule has 0 aliphatic carbocycles. The van der Waals surface area contributed by atoms with Crippen LogP contribution in [0.2, 0.25) is 0 Å². The van der Waals surface area contributed by atoms with Gasteiger partial charge in [0, 0.05) is 18.0 Å². The van der Waals surface area contributed by atoms with Crippen molar-refractivity contribution < 1.29 is 4.79 Å². The standard InChI is InChI=1S/C13H16N2O/c1-13(2,3)12(16)9-5-6-10-11(7-9)15(4)8-14-10/h5-8H,1-4H3. The summed E-state index contributed by atoms with van der Waals surface area (Å²) in [6, 6.07) is 5.66. The van der Waals surface area contributed by atoms with Crippen LogP contribution in [0.15, 0.2) is 24.5 Å². The van der Waals surface area contributed by atoms with E-state index in [-0.39, 0.29) is 11.2 Å². The maximum absolute atomic E-state index is 12.1. The first-order valence-corrected chi connectivity index (χ1v) is 5.35. The largest absolute Gasteiger partial charge is 0.334 e. The van der Waals surface area contributed by atoms with Crippen molar-refractivity contribution in [3.8, 4) is 0 Å². The van der Waals surface area contributed by atoms with Crippen molar-refractivity contribution in [3.63, 3.8) is 0 Å². The highest BCUT2D eigenvalue weighted by atomic mass is 16.1. The van der Waals surface area contributed by atoms with Gasteiger partial charge in [0.05, 0.1) is 17.4 Å². The SMILES string of the molecule is Cn1cnc2ccc(C(=O)C(C)(C)C)cc21. The van der Waals surface area contributed by atoms with Gasteiger partial charge in [-0.25, -0.2) is 4.98 Å². The van der Waals surface area contributed by atoms with Crippen LogP contribution in [-0.2, 0) is 7.05 Å². The average molecular weight is 216 g/mol. The molecule has 2 aromatic rings. The zero-order valence-electron chi connectivity index (χ0n) is 10.1. The number of aromatic nitrogens is 2. The highest BCUT2D eigenvalue weighted by Gasteiger charge is 2.23. The Morgan fingerprint density at radius 1 is 1.31 bits per heavy atom. The number of aryl methyl sites for hydroxylation is 1. The number of rotatable bonds is 1. The Morgan fingerprint density at radius 2 is 2.00 bits per heavy atom. The Hall–Kier alpha value is -1.64. The minimum absolute atomic E-state index is 0.163. The van der Waals surface area contributed by atoms with Crippen LogP contribution in [0.25, 0.3) is 11.0 Å². The van der Waals surface area contributed by atoms with E-state index in [1.165, 1.54) is 0 Å². The second-order valence-corrected chi connectivity index (χ2v) is 5.14. The Bertz CT molecular complexity index is 547. The molecule has 0 fully saturated rings. The third-order valence-electron chi connectivity index (χ3n) is 2.67. The van der Waals surface area contributed by atoms with E-state index in [0.29, 0.717) is 0 Å². The molecule has 0 radical (unpaired) electrons. The van der Waals surface area contributed by atoms with Crippen LogP contribution in [0, 0.1) is 5.41 Å². The maximum atomic E-state index is 12.1. The number of imidazole rings is 1. The lowest BCUT2D eigenvalue weighted by Crippen LogP contribution is -2.20. The molecule has 1 aromatic carbocycles. The van der Waals surface area contributed by atoms with Gasteiger partial charge < -0.3 is 4.57 Å². The Kier molecular flexibility index (Phi) is 2.34. The summed E-state index contributed by atoms with van der Waals surface area (Å²) < 4.78 is 1.93. The first-order valence-electron chi connectivity index (χ1n) is 5.35. The summed E-state index contributed by atoms with van der Waals surface area (Å²) in [7, 11) is 1.93. The Labute approximate surface area is 95.1 Å². The molecule has 0 atom stereocenters. The van der Waals surface area contributed by atoms with Crippen molar-refractivity contribution >= 4 is 16.8 Å². The minimum Gasteiger partial charge on any atom is -0.334 e. The van der Waals surface area contributed by atoms with E-state index in [1.54, 1.807) is 6.33 Å². The molecule has 84 valence electrons. The van der Waals surface area contributed by atoms with Crippen molar-refractivity contribution in [2.24, 2.45) is 12.5 Å². The average Bonchev–Trinajstić information content (AvgIpc) is 2.58. The molecule has 3 heteroatoms. The second-order valence-electron chi connectivity index (χ2n) is 5.14. The summed E-state index contributed by atoms with van der Waals surface area (Å²) in [5.74, 6) is 0.163. The normalized spacial score (nSPS) is 12.0. The van der Waals surface area contributed by atoms with Gasteiger partial charge in [-0.05, 0) is 18.2 Å². The molecule has 0 saturated heterocycles. The lowest BCUT2D eigenvalue weighted by Gasteiger charge is -2.16. The molecular weight excluding hydrogens is 200 g/mol. The van der Waals surface area contributed by atoms with Gasteiger partial charge in [0.2, 0.25) is 0 Å². The van der Waals surface area contributed by atoms with E-state index in [0.717, 1.165) is 16.6 Å². The fourth-order valence-electron chi connectivity index (χ4n) is 1.70. The van der Waals surface area contributed by atoms with Gasteiger partial charge in [0.25, 0.3) is 0 Å². The van der Waals surface area contributed by atoms with Gasteiger partial charge >= 0.3 is 0 Å². The molecule has 16 heavy (non-hydrogen) atoms. The summed E-state index contributed by atoms with van der Waals surface area (Å²) in [4.78, 5) is 16.3. The second kappa shape index (κ2) is 3.44. The summed E-state index contributed by atoms with van der Waals surface area (Å²) in [6.45, 7) is 5.80. The predicted octanol–water partition coefficient (Wildman–Crippen LogP) is 2.80. The van der Waals surface area contributed by atoms with E-state index in [9.17, 15) is 4.79 Å². The third kappa shape index (κ3) is 1.73. The molecule has 0 aliphatic heterocycles. The van der Waals surface area contributed by atoms with E-state index >= 15 is 0 Å². The molecule has 0 bridgehead atoms. The molecule has 3 nitrogen and oxygen atoms in total. The topological polar surface area (TPSA) is 34.9 Å². The zero-order chi connectivity index (χ0) is 11.9. The molecule has 0 unspecified atom stereocenters. The maximum Gasteiger partial charge on any atom is 0.168 e. The summed E-state index contributed by atoms with van der Waals surface area (Å²) in [5.41, 5.74) is 2.33. The smallest absolute Gasteiger partial charge is 0.168 e. The van der Waals surface area contributed by atoms with Crippen LogP contribution in [0.5, 0.6) is 0 Å². The zero-order valence-corrected chi connectivity index (χ0v) is 10.1. The van der Waals surface area contributed by atoms with Crippen molar-refractivity contribution in [3.05, 3.63) is 30.1 Å². The lowest BCUT2D eigenvalue weighted by atomic mass is 9.86. The molecule has 0 N–H and O–H groups in total. The van der Waals surface area contributed by atoms with Gasteiger partial charge in [-0.15, -0.1) is 0 Å². The fourth-order valence-corrected chi connectivity index (χ4v) is 1.70. The van der Waals surface area contributed by atoms with Crippen LogP contribution in [0.4, 0.5) is 0 Å². The number of hydrogen-bond acceptors (Lipinski definition) is 2. The van der Waals surface area contributed by atoms with Gasteiger partial charge in [0.15, 0.2) is 5.78 Å². The van der Waals surface area contributed by atoms with Crippen LogP contribution < -0.4 is 0 Å². The van der Waals surface area contributed by atoms with Gasteiger partial charge in [-0.3, -0.25) is 4.79 Å². The predicted molar refractivity (Wildman–Crippen MR) is 64.5 cm³/mol. The highest BCUT2D eigenvalue weighted by Crippen LogP contribution is 2.23. The number of Topliss-reactive ketones (excluding diaryl/α,β-unsaturated/α-hetero) is 1. The highest BCUT2D eigenvalue weighted by molar-refractivity contribution is 6.02. The van der Waals surface area contributed by atoms with Gasteiger partial charge in [-0.1, -0.05) is 20.8 Å². The van der Waals surface area contributed by atoms with Crippen molar-refractivity contribution in [1.82, 2.24) is 9.55 Å². The number of nitrogens with zero attached hydrogens (tertiary/aromatic N) is 2. The van der Waals surface area contributed by atoms with Gasteiger partial charge in [0.1, 0.15) is 0 Å². The molecule has 0 saturated carbocycles. The minimum atomic E-state index is -0.341. The summed E-state index contributed by atoms with van der Waals surface area (Å²) in [5, 5.41) is 0. The number of benzene rings is 1. The quantitative estimate of drug-likeness (QED) is 0.687. The van der Waals surface area contributed by atoms with Gasteiger partial charge in [-0.2, -0.15) is 0 Å². The van der Waals surface area contributed by atoms with Crippen molar-refractivity contribution in [2.75, 3.05) is 0 Å². The van der Waals surface area contributed by atoms with Crippen LogP contribution >= 0.6 is 0 Å².